The van der Waals surface area contributed by atoms with Crippen molar-refractivity contribution in [2.24, 2.45) is 0 Å². The van der Waals surface area contributed by atoms with E-state index in [1.165, 1.54) is 0 Å². The van der Waals surface area contributed by atoms with Crippen LogP contribution in [0, 0.1) is 6.92 Å². The number of piperidine rings is 1. The van der Waals surface area contributed by atoms with Crippen molar-refractivity contribution in [2.45, 2.75) is 52.1 Å². The number of rotatable bonds is 2. The standard InChI is InChI=1S/C18H25NO4/c1-12-5-6-14(15(11-12)16(20)21)13-7-9-19(10-8-13)17(22)23-18(2,3)4/h5-6,11,13H,7-10H2,1-4H3,(H,20,21). The Balaban J connectivity index is 2.05. The lowest BCUT2D eigenvalue weighted by atomic mass is 9.86. The lowest BCUT2D eigenvalue weighted by Gasteiger charge is -2.34. The minimum absolute atomic E-state index is 0.167. The largest absolute Gasteiger partial charge is 0.478 e. The predicted molar refractivity (Wildman–Crippen MR) is 87.9 cm³/mol. The third kappa shape index (κ3) is 4.47. The zero-order valence-corrected chi connectivity index (χ0v) is 14.3. The Kier molecular flexibility index (Phi) is 4.97. The monoisotopic (exact) mass is 319 g/mol. The highest BCUT2D eigenvalue weighted by Crippen LogP contribution is 2.31. The number of carboxylic acid groups (broad SMARTS) is 1. The molecule has 0 aliphatic carbocycles. The minimum atomic E-state index is -0.890. The molecule has 0 aromatic heterocycles. The van der Waals surface area contributed by atoms with Gasteiger partial charge >= 0.3 is 12.1 Å². The van der Waals surface area contributed by atoms with Crippen LogP contribution in [0.25, 0.3) is 0 Å². The molecule has 1 heterocycles. The summed E-state index contributed by atoms with van der Waals surface area (Å²) in [7, 11) is 0. The van der Waals surface area contributed by atoms with Crippen LogP contribution in [-0.4, -0.2) is 40.8 Å². The zero-order chi connectivity index (χ0) is 17.2. The number of aryl methyl sites for hydroxylation is 1. The fourth-order valence-electron chi connectivity index (χ4n) is 2.91. The Hall–Kier alpha value is -2.04. The highest BCUT2D eigenvalue weighted by atomic mass is 16.6. The van der Waals surface area contributed by atoms with Gasteiger partial charge in [0.2, 0.25) is 0 Å². The van der Waals surface area contributed by atoms with Gasteiger partial charge in [-0.15, -0.1) is 0 Å². The number of benzene rings is 1. The number of carboxylic acids is 1. The fraction of sp³-hybridized carbons (Fsp3) is 0.556. The lowest BCUT2D eigenvalue weighted by molar-refractivity contribution is 0.0204. The number of hydrogen-bond donors (Lipinski definition) is 1. The van der Waals surface area contributed by atoms with Crippen LogP contribution in [0.2, 0.25) is 0 Å². The Morgan fingerprint density at radius 3 is 2.35 bits per heavy atom. The van der Waals surface area contributed by atoms with Crippen molar-refractivity contribution in [1.29, 1.82) is 0 Å². The second kappa shape index (κ2) is 6.60. The van der Waals surface area contributed by atoms with Crippen LogP contribution in [0.3, 0.4) is 0 Å². The van der Waals surface area contributed by atoms with Gasteiger partial charge in [0.25, 0.3) is 0 Å². The van der Waals surface area contributed by atoms with Gasteiger partial charge in [-0.3, -0.25) is 0 Å². The van der Waals surface area contributed by atoms with Crippen molar-refractivity contribution >= 4 is 12.1 Å². The van der Waals surface area contributed by atoms with Gasteiger partial charge < -0.3 is 14.7 Å². The molecule has 5 nitrogen and oxygen atoms in total. The van der Waals surface area contributed by atoms with E-state index < -0.39 is 11.6 Å². The van der Waals surface area contributed by atoms with Gasteiger partial charge in [0.05, 0.1) is 5.56 Å². The molecule has 0 spiro atoms. The Labute approximate surface area is 137 Å². The molecule has 1 N–H and O–H groups in total. The molecule has 0 radical (unpaired) electrons. The molecule has 1 fully saturated rings. The molecule has 0 saturated carbocycles. The van der Waals surface area contributed by atoms with Crippen molar-refractivity contribution in [3.8, 4) is 0 Å². The van der Waals surface area contributed by atoms with Gasteiger partial charge in [0, 0.05) is 13.1 Å². The highest BCUT2D eigenvalue weighted by Gasteiger charge is 2.29. The Morgan fingerprint density at radius 2 is 1.83 bits per heavy atom. The van der Waals surface area contributed by atoms with Crippen LogP contribution in [0.4, 0.5) is 4.79 Å². The summed E-state index contributed by atoms with van der Waals surface area (Å²) in [5, 5.41) is 9.40. The van der Waals surface area contributed by atoms with Crippen LogP contribution in [0.1, 0.15) is 61.0 Å². The molecule has 126 valence electrons. The number of amides is 1. The van der Waals surface area contributed by atoms with Gasteiger partial charge in [0.15, 0.2) is 0 Å². The van der Waals surface area contributed by atoms with E-state index in [0.29, 0.717) is 18.7 Å². The predicted octanol–water partition coefficient (Wildman–Crippen LogP) is 3.81. The maximum Gasteiger partial charge on any atom is 0.410 e. The van der Waals surface area contributed by atoms with Crippen LogP contribution in [-0.2, 0) is 4.74 Å². The number of nitrogens with zero attached hydrogens (tertiary/aromatic N) is 1. The third-order valence-electron chi connectivity index (χ3n) is 4.03. The first-order valence-corrected chi connectivity index (χ1v) is 7.99. The Morgan fingerprint density at radius 1 is 1.22 bits per heavy atom. The molecule has 1 saturated heterocycles. The van der Waals surface area contributed by atoms with Gasteiger partial charge in [0.1, 0.15) is 5.60 Å². The van der Waals surface area contributed by atoms with E-state index in [9.17, 15) is 14.7 Å². The molecule has 5 heteroatoms. The van der Waals surface area contributed by atoms with Crippen molar-refractivity contribution in [3.05, 3.63) is 34.9 Å². The SMILES string of the molecule is Cc1ccc(C2CCN(C(=O)OC(C)(C)C)CC2)c(C(=O)O)c1. The molecule has 0 atom stereocenters. The molecule has 1 aromatic rings. The van der Waals surface area contributed by atoms with Crippen molar-refractivity contribution in [2.75, 3.05) is 13.1 Å². The molecule has 1 aromatic carbocycles. The normalized spacial score (nSPS) is 16.3. The maximum atomic E-state index is 12.1. The second-order valence-corrected chi connectivity index (χ2v) is 7.14. The van der Waals surface area contributed by atoms with Gasteiger partial charge in [-0.25, -0.2) is 9.59 Å². The molecule has 1 aliphatic rings. The number of ether oxygens (including phenoxy) is 1. The summed E-state index contributed by atoms with van der Waals surface area (Å²) < 4.78 is 5.39. The van der Waals surface area contributed by atoms with E-state index in [1.807, 2.05) is 39.8 Å². The van der Waals surface area contributed by atoms with Gasteiger partial charge in [-0.1, -0.05) is 17.7 Å². The molecule has 0 bridgehead atoms. The summed E-state index contributed by atoms with van der Waals surface area (Å²) in [5.74, 6) is -0.723. The highest BCUT2D eigenvalue weighted by molar-refractivity contribution is 5.90. The molecule has 1 amide bonds. The number of hydrogen-bond acceptors (Lipinski definition) is 3. The summed E-state index contributed by atoms with van der Waals surface area (Å²) in [6, 6.07) is 5.58. The first-order chi connectivity index (χ1) is 10.7. The van der Waals surface area contributed by atoms with E-state index in [2.05, 4.69) is 0 Å². The third-order valence-corrected chi connectivity index (χ3v) is 4.03. The maximum absolute atomic E-state index is 12.1. The fourth-order valence-corrected chi connectivity index (χ4v) is 2.91. The average Bonchev–Trinajstić information content (AvgIpc) is 2.45. The molecule has 2 rings (SSSR count). The van der Waals surface area contributed by atoms with Crippen molar-refractivity contribution in [3.63, 3.8) is 0 Å². The van der Waals surface area contributed by atoms with Gasteiger partial charge in [-0.05, 0) is 58.1 Å². The zero-order valence-electron chi connectivity index (χ0n) is 14.3. The first kappa shape index (κ1) is 17.3. The molecular formula is C18H25NO4. The minimum Gasteiger partial charge on any atom is -0.478 e. The van der Waals surface area contributed by atoms with Gasteiger partial charge in [-0.2, -0.15) is 0 Å². The first-order valence-electron chi connectivity index (χ1n) is 7.99. The summed E-state index contributed by atoms with van der Waals surface area (Å²) in [6.45, 7) is 8.62. The van der Waals surface area contributed by atoms with Crippen LogP contribution < -0.4 is 0 Å². The summed E-state index contributed by atoms with van der Waals surface area (Å²) >= 11 is 0. The quantitative estimate of drug-likeness (QED) is 0.900. The summed E-state index contributed by atoms with van der Waals surface area (Å²) in [6.07, 6.45) is 1.21. The van der Waals surface area contributed by atoms with Crippen LogP contribution in [0.5, 0.6) is 0 Å². The van der Waals surface area contributed by atoms with E-state index in [-0.39, 0.29) is 12.0 Å². The van der Waals surface area contributed by atoms with Crippen LogP contribution in [0.15, 0.2) is 18.2 Å². The van der Waals surface area contributed by atoms with E-state index >= 15 is 0 Å². The Bertz CT molecular complexity index is 596. The smallest absolute Gasteiger partial charge is 0.410 e. The summed E-state index contributed by atoms with van der Waals surface area (Å²) in [4.78, 5) is 25.3. The van der Waals surface area contributed by atoms with E-state index in [4.69, 9.17) is 4.74 Å². The summed E-state index contributed by atoms with van der Waals surface area (Å²) in [5.41, 5.74) is 1.69. The van der Waals surface area contributed by atoms with E-state index in [1.54, 1.807) is 11.0 Å². The van der Waals surface area contributed by atoms with Crippen molar-refractivity contribution < 1.29 is 19.4 Å². The molecular weight excluding hydrogens is 294 g/mol. The molecule has 0 unspecified atom stereocenters. The average molecular weight is 319 g/mol. The molecule has 1 aliphatic heterocycles. The number of carbonyl (C=O) groups excluding carboxylic acids is 1. The second-order valence-electron chi connectivity index (χ2n) is 7.14. The molecule has 23 heavy (non-hydrogen) atoms. The topological polar surface area (TPSA) is 66.8 Å². The van der Waals surface area contributed by atoms with Crippen molar-refractivity contribution in [1.82, 2.24) is 4.90 Å². The number of carbonyl (C=O) groups is 2. The van der Waals surface area contributed by atoms with E-state index in [0.717, 1.165) is 24.0 Å². The number of aromatic carboxylic acids is 1. The number of likely N-dealkylation sites (tertiary alicyclic amines) is 1. The van der Waals surface area contributed by atoms with Crippen LogP contribution >= 0.6 is 0 Å². The lowest BCUT2D eigenvalue weighted by Crippen LogP contribution is -2.41.